The number of benzene rings is 2. The molecule has 0 saturated carbocycles. The van der Waals surface area contributed by atoms with E-state index < -0.39 is 0 Å². The van der Waals surface area contributed by atoms with E-state index in [9.17, 15) is 4.39 Å². The van der Waals surface area contributed by atoms with E-state index in [1.165, 1.54) is 17.8 Å². The van der Waals surface area contributed by atoms with E-state index in [0.29, 0.717) is 0 Å². The van der Waals surface area contributed by atoms with Gasteiger partial charge in [-0.1, -0.05) is 15.9 Å². The average molecular weight is 415 g/mol. The Labute approximate surface area is 160 Å². The second kappa shape index (κ2) is 7.60. The van der Waals surface area contributed by atoms with E-state index in [4.69, 9.17) is 0 Å². The monoisotopic (exact) mass is 414 g/mol. The van der Waals surface area contributed by atoms with E-state index in [2.05, 4.69) is 60.2 Å². The summed E-state index contributed by atoms with van der Waals surface area (Å²) in [5.41, 5.74) is 4.26. The Balaban J connectivity index is 1.40. The Bertz CT molecular complexity index is 852. The molecule has 1 N–H and O–H groups in total. The Kier molecular flexibility index (Phi) is 5.04. The second-order valence-electron chi connectivity index (χ2n) is 6.51. The van der Waals surface area contributed by atoms with Gasteiger partial charge in [0.1, 0.15) is 5.82 Å². The maximum Gasteiger partial charge on any atom is 0.123 e. The molecule has 4 nitrogen and oxygen atoms in total. The first-order valence-corrected chi connectivity index (χ1v) is 9.50. The lowest BCUT2D eigenvalue weighted by Gasteiger charge is -2.36. The van der Waals surface area contributed by atoms with Crippen LogP contribution in [0.5, 0.6) is 0 Å². The number of nitrogens with one attached hydrogen (secondary N) is 1. The molecule has 0 spiro atoms. The predicted molar refractivity (Wildman–Crippen MR) is 106 cm³/mol. The summed E-state index contributed by atoms with van der Waals surface area (Å²) in [7, 11) is 0. The van der Waals surface area contributed by atoms with Gasteiger partial charge >= 0.3 is 0 Å². The number of H-pyrrole nitrogens is 1. The Morgan fingerprint density at radius 1 is 0.962 bits per heavy atom. The van der Waals surface area contributed by atoms with Crippen molar-refractivity contribution in [2.75, 3.05) is 31.1 Å². The first-order chi connectivity index (χ1) is 12.7. The standard InChI is InChI=1S/C20H20BrFN4/c21-17-3-7-19(8-4-17)26-11-9-25(10-12-26)14-16-13-23-24-20(16)15-1-5-18(22)6-2-15/h1-8,13H,9-12,14H2,(H,23,24). The van der Waals surface area contributed by atoms with E-state index in [1.807, 2.05) is 6.20 Å². The zero-order valence-corrected chi connectivity index (χ0v) is 15.9. The second-order valence-corrected chi connectivity index (χ2v) is 7.42. The molecule has 2 heterocycles. The maximum atomic E-state index is 13.2. The Hall–Kier alpha value is -2.18. The number of piperazine rings is 1. The van der Waals surface area contributed by atoms with Crippen LogP contribution >= 0.6 is 15.9 Å². The Morgan fingerprint density at radius 3 is 2.35 bits per heavy atom. The third-order valence-electron chi connectivity index (χ3n) is 4.79. The molecule has 0 atom stereocenters. The SMILES string of the molecule is Fc1ccc(-c2n[nH]cc2CN2CCN(c3ccc(Br)cc3)CC2)cc1. The molecule has 1 fully saturated rings. The van der Waals surface area contributed by atoms with Crippen LogP contribution < -0.4 is 4.90 Å². The van der Waals surface area contributed by atoms with Gasteiger partial charge < -0.3 is 4.90 Å². The number of aromatic amines is 1. The molecule has 0 aliphatic carbocycles. The van der Waals surface area contributed by atoms with Crippen molar-refractivity contribution in [1.29, 1.82) is 0 Å². The van der Waals surface area contributed by atoms with Crippen molar-refractivity contribution in [1.82, 2.24) is 15.1 Å². The van der Waals surface area contributed by atoms with Crippen molar-refractivity contribution in [3.63, 3.8) is 0 Å². The fraction of sp³-hybridized carbons (Fsp3) is 0.250. The van der Waals surface area contributed by atoms with Crippen LogP contribution in [-0.2, 0) is 6.54 Å². The molecular weight excluding hydrogens is 395 g/mol. The predicted octanol–water partition coefficient (Wildman–Crippen LogP) is 4.30. The smallest absolute Gasteiger partial charge is 0.123 e. The van der Waals surface area contributed by atoms with Gasteiger partial charge in [-0.15, -0.1) is 0 Å². The summed E-state index contributed by atoms with van der Waals surface area (Å²) in [6, 6.07) is 15.0. The minimum absolute atomic E-state index is 0.227. The van der Waals surface area contributed by atoms with Crippen LogP contribution in [0, 0.1) is 5.82 Å². The topological polar surface area (TPSA) is 35.2 Å². The summed E-state index contributed by atoms with van der Waals surface area (Å²) in [6.45, 7) is 4.86. The van der Waals surface area contributed by atoms with Gasteiger partial charge in [0.25, 0.3) is 0 Å². The largest absolute Gasteiger partial charge is 0.369 e. The molecule has 0 radical (unpaired) electrons. The first kappa shape index (κ1) is 17.2. The number of hydrogen-bond acceptors (Lipinski definition) is 3. The highest BCUT2D eigenvalue weighted by Gasteiger charge is 2.19. The minimum Gasteiger partial charge on any atom is -0.369 e. The van der Waals surface area contributed by atoms with Crippen molar-refractivity contribution < 1.29 is 4.39 Å². The van der Waals surface area contributed by atoms with Crippen molar-refractivity contribution in [2.45, 2.75) is 6.54 Å². The first-order valence-electron chi connectivity index (χ1n) is 8.70. The lowest BCUT2D eigenvalue weighted by molar-refractivity contribution is 0.250. The summed E-state index contributed by atoms with van der Waals surface area (Å²) >= 11 is 3.49. The van der Waals surface area contributed by atoms with Crippen LogP contribution in [0.3, 0.4) is 0 Å². The molecule has 1 saturated heterocycles. The third-order valence-corrected chi connectivity index (χ3v) is 5.32. The van der Waals surface area contributed by atoms with Gasteiger partial charge in [0.2, 0.25) is 0 Å². The van der Waals surface area contributed by atoms with Crippen LogP contribution in [0.2, 0.25) is 0 Å². The third kappa shape index (κ3) is 3.81. The molecule has 26 heavy (non-hydrogen) atoms. The summed E-state index contributed by atoms with van der Waals surface area (Å²) in [6.07, 6.45) is 1.94. The molecule has 3 aromatic rings. The summed E-state index contributed by atoms with van der Waals surface area (Å²) in [4.78, 5) is 4.85. The molecule has 0 amide bonds. The van der Waals surface area contributed by atoms with Gasteiger partial charge in [-0.05, 0) is 48.5 Å². The summed E-state index contributed by atoms with van der Waals surface area (Å²) in [5, 5.41) is 7.32. The molecule has 0 bridgehead atoms. The highest BCUT2D eigenvalue weighted by atomic mass is 79.9. The van der Waals surface area contributed by atoms with Crippen molar-refractivity contribution in [2.24, 2.45) is 0 Å². The van der Waals surface area contributed by atoms with Crippen LogP contribution in [0.25, 0.3) is 11.3 Å². The van der Waals surface area contributed by atoms with Gasteiger partial charge in [0, 0.05) is 60.2 Å². The summed E-state index contributed by atoms with van der Waals surface area (Å²) in [5.74, 6) is -0.227. The van der Waals surface area contributed by atoms with Crippen LogP contribution in [-0.4, -0.2) is 41.3 Å². The number of hydrogen-bond donors (Lipinski definition) is 1. The molecule has 134 valence electrons. The van der Waals surface area contributed by atoms with Crippen molar-refractivity contribution in [3.05, 3.63) is 70.6 Å². The van der Waals surface area contributed by atoms with E-state index >= 15 is 0 Å². The van der Waals surface area contributed by atoms with Gasteiger partial charge in [0.15, 0.2) is 0 Å². The normalized spacial score (nSPS) is 15.4. The number of anilines is 1. The van der Waals surface area contributed by atoms with Crippen LogP contribution in [0.1, 0.15) is 5.56 Å². The number of halogens is 2. The van der Waals surface area contributed by atoms with E-state index in [-0.39, 0.29) is 5.82 Å². The van der Waals surface area contributed by atoms with Crippen molar-refractivity contribution >= 4 is 21.6 Å². The fourth-order valence-corrected chi connectivity index (χ4v) is 3.61. The molecule has 1 aliphatic heterocycles. The summed E-state index contributed by atoms with van der Waals surface area (Å²) < 4.78 is 14.3. The zero-order chi connectivity index (χ0) is 17.9. The quantitative estimate of drug-likeness (QED) is 0.690. The van der Waals surface area contributed by atoms with Crippen molar-refractivity contribution in [3.8, 4) is 11.3 Å². The van der Waals surface area contributed by atoms with Gasteiger partial charge in [-0.25, -0.2) is 4.39 Å². The lowest BCUT2D eigenvalue weighted by atomic mass is 10.1. The van der Waals surface area contributed by atoms with E-state index in [0.717, 1.165) is 54.0 Å². The van der Waals surface area contributed by atoms with Gasteiger partial charge in [0.05, 0.1) is 5.69 Å². The van der Waals surface area contributed by atoms with Crippen LogP contribution in [0.4, 0.5) is 10.1 Å². The fourth-order valence-electron chi connectivity index (χ4n) is 3.35. The highest BCUT2D eigenvalue weighted by Crippen LogP contribution is 2.24. The molecule has 6 heteroatoms. The Morgan fingerprint density at radius 2 is 1.65 bits per heavy atom. The molecule has 0 unspecified atom stereocenters. The zero-order valence-electron chi connectivity index (χ0n) is 14.3. The number of aromatic nitrogens is 2. The van der Waals surface area contributed by atoms with Gasteiger partial charge in [-0.3, -0.25) is 10.00 Å². The van der Waals surface area contributed by atoms with Gasteiger partial charge in [-0.2, -0.15) is 5.10 Å². The van der Waals surface area contributed by atoms with E-state index in [1.54, 1.807) is 12.1 Å². The lowest BCUT2D eigenvalue weighted by Crippen LogP contribution is -2.45. The average Bonchev–Trinajstić information content (AvgIpc) is 3.12. The number of nitrogens with zero attached hydrogens (tertiary/aromatic N) is 3. The molecule has 4 rings (SSSR count). The molecule has 1 aromatic heterocycles. The highest BCUT2D eigenvalue weighted by molar-refractivity contribution is 9.10. The molecular formula is C20H20BrFN4. The molecule has 1 aliphatic rings. The van der Waals surface area contributed by atoms with Crippen LogP contribution in [0.15, 0.2) is 59.2 Å². The number of rotatable bonds is 4. The minimum atomic E-state index is -0.227. The maximum absolute atomic E-state index is 13.2. The molecule has 2 aromatic carbocycles.